The van der Waals surface area contributed by atoms with Gasteiger partial charge in [0.2, 0.25) is 0 Å². The average Bonchev–Trinajstić information content (AvgIpc) is 3.47. The van der Waals surface area contributed by atoms with E-state index in [0.29, 0.717) is 24.1 Å². The van der Waals surface area contributed by atoms with Crippen LogP contribution in [-0.4, -0.2) is 25.2 Å². The summed E-state index contributed by atoms with van der Waals surface area (Å²) in [6, 6.07) is 12.1. The number of hydrogen-bond acceptors (Lipinski definition) is 4. The lowest BCUT2D eigenvalue weighted by atomic mass is 10.2. The van der Waals surface area contributed by atoms with Gasteiger partial charge in [-0.2, -0.15) is 0 Å². The van der Waals surface area contributed by atoms with E-state index in [2.05, 4.69) is 26.6 Å². The van der Waals surface area contributed by atoms with Crippen molar-refractivity contribution in [3.63, 3.8) is 0 Å². The molecular weight excluding hydrogens is 408 g/mol. The normalized spacial score (nSPS) is 13.3. The Hall–Kier alpha value is -2.05. The number of benzene rings is 2. The molecule has 0 unspecified atom stereocenters. The van der Waals surface area contributed by atoms with Crippen LogP contribution in [0.4, 0.5) is 5.69 Å². The highest BCUT2D eigenvalue weighted by Crippen LogP contribution is 2.34. The van der Waals surface area contributed by atoms with E-state index in [1.807, 2.05) is 50.2 Å². The van der Waals surface area contributed by atoms with Crippen molar-refractivity contribution in [2.75, 3.05) is 18.5 Å². The molecule has 5 nitrogen and oxygen atoms in total. The van der Waals surface area contributed by atoms with Crippen LogP contribution in [0.15, 0.2) is 40.9 Å². The zero-order valence-electron chi connectivity index (χ0n) is 15.7. The van der Waals surface area contributed by atoms with Crippen molar-refractivity contribution in [1.82, 2.24) is 5.32 Å². The van der Waals surface area contributed by atoms with Gasteiger partial charge in [-0.15, -0.1) is 0 Å². The third-order valence-corrected chi connectivity index (χ3v) is 5.00. The second kappa shape index (κ2) is 9.24. The number of carbonyl (C=O) groups is 1. The first-order valence-electron chi connectivity index (χ1n) is 9.23. The van der Waals surface area contributed by atoms with Crippen LogP contribution in [0.3, 0.4) is 0 Å². The van der Waals surface area contributed by atoms with Crippen LogP contribution in [0.1, 0.15) is 30.9 Å². The molecule has 1 aliphatic carbocycles. The number of hydrogen-bond donors (Lipinski definition) is 2. The number of carbonyl (C=O) groups excluding carboxylic acids is 1. The third-order valence-electron chi connectivity index (χ3n) is 4.27. The van der Waals surface area contributed by atoms with E-state index < -0.39 is 0 Å². The van der Waals surface area contributed by atoms with Gasteiger partial charge >= 0.3 is 0 Å². The molecule has 0 saturated heterocycles. The summed E-state index contributed by atoms with van der Waals surface area (Å²) >= 11 is 3.59. The number of halogens is 1. The maximum Gasteiger partial charge on any atom is 0.262 e. The van der Waals surface area contributed by atoms with Gasteiger partial charge in [-0.1, -0.05) is 33.6 Å². The average molecular weight is 433 g/mol. The molecule has 2 N–H and O–H groups in total. The first-order chi connectivity index (χ1) is 13.0. The second-order valence-electron chi connectivity index (χ2n) is 6.68. The number of anilines is 1. The van der Waals surface area contributed by atoms with Crippen molar-refractivity contribution in [2.24, 2.45) is 0 Å². The molecule has 0 bridgehead atoms. The van der Waals surface area contributed by atoms with Crippen LogP contribution in [0.25, 0.3) is 0 Å². The molecule has 2 aromatic carbocycles. The van der Waals surface area contributed by atoms with E-state index in [-0.39, 0.29) is 12.5 Å². The Morgan fingerprint density at radius 3 is 2.52 bits per heavy atom. The summed E-state index contributed by atoms with van der Waals surface area (Å²) in [5.41, 5.74) is 3.01. The Kier molecular flexibility index (Phi) is 6.74. The van der Waals surface area contributed by atoms with Gasteiger partial charge in [0.05, 0.1) is 6.61 Å². The molecule has 0 heterocycles. The first-order valence-corrected chi connectivity index (χ1v) is 10.0. The molecule has 2 aromatic rings. The van der Waals surface area contributed by atoms with Crippen molar-refractivity contribution in [2.45, 2.75) is 39.3 Å². The quantitative estimate of drug-likeness (QED) is 0.615. The fourth-order valence-electron chi connectivity index (χ4n) is 2.61. The lowest BCUT2D eigenvalue weighted by Gasteiger charge is -2.15. The van der Waals surface area contributed by atoms with Crippen molar-refractivity contribution >= 4 is 27.5 Å². The van der Waals surface area contributed by atoms with E-state index in [4.69, 9.17) is 9.47 Å². The highest BCUT2D eigenvalue weighted by atomic mass is 79.9. The maximum atomic E-state index is 12.2. The van der Waals surface area contributed by atoms with Crippen LogP contribution in [0, 0.1) is 6.92 Å². The minimum Gasteiger partial charge on any atom is -0.490 e. The molecule has 0 radical (unpaired) electrons. The highest BCUT2D eigenvalue weighted by Gasteiger charge is 2.21. The largest absolute Gasteiger partial charge is 0.490 e. The summed E-state index contributed by atoms with van der Waals surface area (Å²) < 4.78 is 12.4. The summed E-state index contributed by atoms with van der Waals surface area (Å²) in [5, 5.41) is 6.32. The summed E-state index contributed by atoms with van der Waals surface area (Å²) in [4.78, 5) is 12.2. The van der Waals surface area contributed by atoms with E-state index in [0.717, 1.165) is 27.8 Å². The van der Waals surface area contributed by atoms with Crippen molar-refractivity contribution in [1.29, 1.82) is 0 Å². The van der Waals surface area contributed by atoms with Gasteiger partial charge in [-0.05, 0) is 56.5 Å². The molecule has 6 heteroatoms. The van der Waals surface area contributed by atoms with Gasteiger partial charge in [0.15, 0.2) is 18.1 Å². The number of amides is 1. The Morgan fingerprint density at radius 2 is 1.85 bits per heavy atom. The summed E-state index contributed by atoms with van der Waals surface area (Å²) in [6.45, 7) is 5.16. The Labute approximate surface area is 168 Å². The fourth-order valence-corrected chi connectivity index (χ4v) is 3.08. The van der Waals surface area contributed by atoms with Crippen molar-refractivity contribution in [3.05, 3.63) is 52.0 Å². The molecule has 0 aromatic heterocycles. The SMILES string of the molecule is CCOc1cc(CNC2CC2)c(Br)cc1OCC(=O)Nc1ccc(C)cc1. The molecule has 144 valence electrons. The van der Waals surface area contributed by atoms with E-state index in [9.17, 15) is 4.79 Å². The summed E-state index contributed by atoms with van der Waals surface area (Å²) in [6.07, 6.45) is 2.49. The minimum absolute atomic E-state index is 0.0833. The van der Waals surface area contributed by atoms with E-state index in [1.165, 1.54) is 12.8 Å². The van der Waals surface area contributed by atoms with Gasteiger partial charge < -0.3 is 20.1 Å². The van der Waals surface area contributed by atoms with Crippen LogP contribution in [0.5, 0.6) is 11.5 Å². The molecule has 1 amide bonds. The molecule has 27 heavy (non-hydrogen) atoms. The van der Waals surface area contributed by atoms with Gasteiger partial charge in [0.25, 0.3) is 5.91 Å². The first kappa shape index (κ1) is 19.7. The molecule has 1 fully saturated rings. The van der Waals surface area contributed by atoms with Gasteiger partial charge in [0.1, 0.15) is 0 Å². The second-order valence-corrected chi connectivity index (χ2v) is 7.54. The zero-order valence-corrected chi connectivity index (χ0v) is 17.3. The number of ether oxygens (including phenoxy) is 2. The minimum atomic E-state index is -0.211. The summed E-state index contributed by atoms with van der Waals surface area (Å²) in [5.74, 6) is 0.992. The molecule has 1 aliphatic rings. The molecule has 0 atom stereocenters. The van der Waals surface area contributed by atoms with E-state index >= 15 is 0 Å². The lowest BCUT2D eigenvalue weighted by molar-refractivity contribution is -0.118. The Balaban J connectivity index is 1.62. The predicted octanol–water partition coefficient (Wildman–Crippen LogP) is 4.43. The fraction of sp³-hybridized carbons (Fsp3) is 0.381. The lowest BCUT2D eigenvalue weighted by Crippen LogP contribution is -2.20. The van der Waals surface area contributed by atoms with Crippen LogP contribution in [-0.2, 0) is 11.3 Å². The monoisotopic (exact) mass is 432 g/mol. The third kappa shape index (κ3) is 5.97. The van der Waals surface area contributed by atoms with Crippen molar-refractivity contribution < 1.29 is 14.3 Å². The van der Waals surface area contributed by atoms with Gasteiger partial charge in [-0.25, -0.2) is 0 Å². The Morgan fingerprint density at radius 1 is 1.15 bits per heavy atom. The molecule has 1 saturated carbocycles. The van der Waals surface area contributed by atoms with Crippen molar-refractivity contribution in [3.8, 4) is 11.5 Å². The Bertz CT molecular complexity index is 789. The molecule has 0 spiro atoms. The highest BCUT2D eigenvalue weighted by molar-refractivity contribution is 9.10. The molecular formula is C21H25BrN2O3. The molecule has 0 aliphatic heterocycles. The standard InChI is InChI=1S/C21H25BrN2O3/c1-3-26-19-10-15(12-23-16-8-9-16)18(22)11-20(19)27-13-21(25)24-17-6-4-14(2)5-7-17/h4-7,10-11,16,23H,3,8-9,12-13H2,1-2H3,(H,24,25). The van der Waals surface area contributed by atoms with Crippen LogP contribution >= 0.6 is 15.9 Å². The number of aryl methyl sites for hydroxylation is 1. The van der Waals surface area contributed by atoms with E-state index in [1.54, 1.807) is 0 Å². The molecule has 3 rings (SSSR count). The smallest absolute Gasteiger partial charge is 0.262 e. The number of nitrogens with one attached hydrogen (secondary N) is 2. The topological polar surface area (TPSA) is 59.6 Å². The zero-order chi connectivity index (χ0) is 19.2. The van der Waals surface area contributed by atoms with Gasteiger partial charge in [-0.3, -0.25) is 4.79 Å². The number of rotatable bonds is 9. The predicted molar refractivity (Wildman–Crippen MR) is 110 cm³/mol. The maximum absolute atomic E-state index is 12.2. The van der Waals surface area contributed by atoms with Gasteiger partial charge in [0, 0.05) is 22.7 Å². The van der Waals surface area contributed by atoms with Crippen LogP contribution < -0.4 is 20.1 Å². The summed E-state index contributed by atoms with van der Waals surface area (Å²) in [7, 11) is 0. The van der Waals surface area contributed by atoms with Crippen LogP contribution in [0.2, 0.25) is 0 Å².